The van der Waals surface area contributed by atoms with Crippen LogP contribution in [-0.2, 0) is 4.79 Å². The van der Waals surface area contributed by atoms with E-state index in [4.69, 9.17) is 5.11 Å². The molecular formula is C10H19F3N2O2. The van der Waals surface area contributed by atoms with Crippen molar-refractivity contribution < 1.29 is 23.1 Å². The Morgan fingerprint density at radius 3 is 2.41 bits per heavy atom. The molecular weight excluding hydrogens is 237 g/mol. The minimum atomic E-state index is -4.37. The highest BCUT2D eigenvalue weighted by molar-refractivity contribution is 5.77. The van der Waals surface area contributed by atoms with Gasteiger partial charge in [-0.25, -0.2) is 0 Å². The second-order valence-electron chi connectivity index (χ2n) is 4.25. The maximum atomic E-state index is 12.1. The van der Waals surface area contributed by atoms with Gasteiger partial charge < -0.3 is 10.4 Å². The number of alkyl halides is 3. The summed E-state index contributed by atoms with van der Waals surface area (Å²) in [7, 11) is 0. The SMILES string of the molecule is CC(C)CNC(=O)CN(CCO)CC(F)(F)F. The molecule has 0 radical (unpaired) electrons. The Hall–Kier alpha value is -0.820. The lowest BCUT2D eigenvalue weighted by Crippen LogP contribution is -2.43. The zero-order valence-corrected chi connectivity index (χ0v) is 10.0. The highest BCUT2D eigenvalue weighted by atomic mass is 19.4. The fraction of sp³-hybridized carbons (Fsp3) is 0.900. The summed E-state index contributed by atoms with van der Waals surface area (Å²) in [5.74, 6) is -0.218. The van der Waals surface area contributed by atoms with Gasteiger partial charge in [0, 0.05) is 13.1 Å². The monoisotopic (exact) mass is 256 g/mol. The summed E-state index contributed by atoms with van der Waals surface area (Å²) >= 11 is 0. The van der Waals surface area contributed by atoms with E-state index in [0.717, 1.165) is 4.90 Å². The van der Waals surface area contributed by atoms with Gasteiger partial charge in [0.25, 0.3) is 0 Å². The lowest BCUT2D eigenvalue weighted by atomic mass is 10.2. The van der Waals surface area contributed by atoms with Crippen LogP contribution in [0.2, 0.25) is 0 Å². The normalized spacial score (nSPS) is 12.2. The summed E-state index contributed by atoms with van der Waals surface area (Å²) in [6, 6.07) is 0. The number of nitrogens with one attached hydrogen (secondary N) is 1. The van der Waals surface area contributed by atoms with E-state index in [0.29, 0.717) is 6.54 Å². The summed E-state index contributed by atoms with van der Waals surface area (Å²) in [4.78, 5) is 12.2. The summed E-state index contributed by atoms with van der Waals surface area (Å²) in [6.07, 6.45) is -4.37. The van der Waals surface area contributed by atoms with Gasteiger partial charge in [0.05, 0.1) is 19.7 Å². The molecule has 102 valence electrons. The molecule has 0 aliphatic heterocycles. The molecule has 0 aromatic carbocycles. The number of carbonyl (C=O) groups excluding carboxylic acids is 1. The molecule has 4 nitrogen and oxygen atoms in total. The Balaban J connectivity index is 4.10. The Morgan fingerprint density at radius 1 is 1.41 bits per heavy atom. The average Bonchev–Trinajstić information content (AvgIpc) is 2.12. The maximum absolute atomic E-state index is 12.1. The van der Waals surface area contributed by atoms with Crippen molar-refractivity contribution in [1.29, 1.82) is 0 Å². The fourth-order valence-corrected chi connectivity index (χ4v) is 1.19. The Kier molecular flexibility index (Phi) is 7.13. The van der Waals surface area contributed by atoms with Crippen LogP contribution in [-0.4, -0.2) is 54.9 Å². The van der Waals surface area contributed by atoms with Crippen LogP contribution >= 0.6 is 0 Å². The van der Waals surface area contributed by atoms with E-state index >= 15 is 0 Å². The van der Waals surface area contributed by atoms with E-state index in [1.165, 1.54) is 0 Å². The van der Waals surface area contributed by atoms with Gasteiger partial charge in [0.15, 0.2) is 0 Å². The molecule has 7 heteroatoms. The number of amides is 1. The van der Waals surface area contributed by atoms with Crippen molar-refractivity contribution in [3.63, 3.8) is 0 Å². The standard InChI is InChI=1S/C10H19F3N2O2/c1-8(2)5-14-9(17)6-15(3-4-16)7-10(11,12)13/h8,16H,3-7H2,1-2H3,(H,14,17). The number of carbonyl (C=O) groups is 1. The van der Waals surface area contributed by atoms with Crippen molar-refractivity contribution in [2.45, 2.75) is 20.0 Å². The molecule has 0 aromatic heterocycles. The molecule has 0 unspecified atom stereocenters. The number of hydrogen-bond acceptors (Lipinski definition) is 3. The third-order valence-corrected chi connectivity index (χ3v) is 1.89. The first-order chi connectivity index (χ1) is 7.74. The van der Waals surface area contributed by atoms with Crippen molar-refractivity contribution in [3.05, 3.63) is 0 Å². The number of aliphatic hydroxyl groups excluding tert-OH is 1. The number of halogens is 3. The molecule has 2 N–H and O–H groups in total. The van der Waals surface area contributed by atoms with Gasteiger partial charge in [-0.05, 0) is 5.92 Å². The average molecular weight is 256 g/mol. The molecule has 0 fully saturated rings. The van der Waals surface area contributed by atoms with Crippen molar-refractivity contribution in [3.8, 4) is 0 Å². The summed E-state index contributed by atoms with van der Waals surface area (Å²) in [6.45, 7) is 2.08. The van der Waals surface area contributed by atoms with Crippen molar-refractivity contribution in [2.24, 2.45) is 5.92 Å². The summed E-state index contributed by atoms with van der Waals surface area (Å²) in [5.41, 5.74) is 0. The van der Waals surface area contributed by atoms with Crippen LogP contribution in [0.5, 0.6) is 0 Å². The zero-order valence-electron chi connectivity index (χ0n) is 10.0. The van der Waals surface area contributed by atoms with E-state index in [1.54, 1.807) is 0 Å². The van der Waals surface area contributed by atoms with Crippen molar-refractivity contribution in [1.82, 2.24) is 10.2 Å². The van der Waals surface area contributed by atoms with Gasteiger partial charge >= 0.3 is 6.18 Å². The second-order valence-corrected chi connectivity index (χ2v) is 4.25. The van der Waals surface area contributed by atoms with Crippen LogP contribution in [0.1, 0.15) is 13.8 Å². The predicted molar refractivity (Wildman–Crippen MR) is 57.4 cm³/mol. The second kappa shape index (κ2) is 7.50. The fourth-order valence-electron chi connectivity index (χ4n) is 1.19. The van der Waals surface area contributed by atoms with E-state index in [1.807, 2.05) is 13.8 Å². The Morgan fingerprint density at radius 2 is 2.00 bits per heavy atom. The van der Waals surface area contributed by atoms with Crippen LogP contribution in [0.15, 0.2) is 0 Å². The topological polar surface area (TPSA) is 52.6 Å². The number of nitrogens with zero attached hydrogens (tertiary/aromatic N) is 1. The number of rotatable bonds is 7. The van der Waals surface area contributed by atoms with Crippen LogP contribution in [0, 0.1) is 5.92 Å². The van der Waals surface area contributed by atoms with Crippen molar-refractivity contribution >= 4 is 5.91 Å². The Labute approximate surface area is 98.8 Å². The molecule has 0 saturated carbocycles. The molecule has 0 spiro atoms. The summed E-state index contributed by atoms with van der Waals surface area (Å²) < 4.78 is 36.4. The highest BCUT2D eigenvalue weighted by Gasteiger charge is 2.31. The van der Waals surface area contributed by atoms with Gasteiger partial charge in [-0.15, -0.1) is 0 Å². The van der Waals surface area contributed by atoms with E-state index in [2.05, 4.69) is 5.32 Å². The van der Waals surface area contributed by atoms with E-state index in [-0.39, 0.29) is 19.0 Å². The third kappa shape index (κ3) is 10.1. The summed E-state index contributed by atoms with van der Waals surface area (Å²) in [5, 5.41) is 11.2. The smallest absolute Gasteiger partial charge is 0.395 e. The first-order valence-corrected chi connectivity index (χ1v) is 5.41. The molecule has 0 rings (SSSR count). The third-order valence-electron chi connectivity index (χ3n) is 1.89. The molecule has 0 saturated heterocycles. The van der Waals surface area contributed by atoms with Crippen LogP contribution in [0.4, 0.5) is 13.2 Å². The van der Waals surface area contributed by atoms with Gasteiger partial charge in [-0.2, -0.15) is 13.2 Å². The minimum Gasteiger partial charge on any atom is -0.395 e. The number of aliphatic hydroxyl groups is 1. The first kappa shape index (κ1) is 16.2. The lowest BCUT2D eigenvalue weighted by molar-refractivity contribution is -0.149. The van der Waals surface area contributed by atoms with Crippen LogP contribution in [0.25, 0.3) is 0 Å². The maximum Gasteiger partial charge on any atom is 0.401 e. The molecule has 0 atom stereocenters. The van der Waals surface area contributed by atoms with Gasteiger partial charge in [0.1, 0.15) is 0 Å². The van der Waals surface area contributed by atoms with Gasteiger partial charge in [-0.1, -0.05) is 13.8 Å². The van der Waals surface area contributed by atoms with E-state index in [9.17, 15) is 18.0 Å². The quantitative estimate of drug-likeness (QED) is 0.702. The molecule has 0 aliphatic rings. The van der Waals surface area contributed by atoms with Gasteiger partial charge in [0.2, 0.25) is 5.91 Å². The zero-order chi connectivity index (χ0) is 13.5. The van der Waals surface area contributed by atoms with Crippen molar-refractivity contribution in [2.75, 3.05) is 32.8 Å². The largest absolute Gasteiger partial charge is 0.401 e. The molecule has 0 aromatic rings. The molecule has 0 aliphatic carbocycles. The molecule has 1 amide bonds. The lowest BCUT2D eigenvalue weighted by Gasteiger charge is -2.22. The highest BCUT2D eigenvalue weighted by Crippen LogP contribution is 2.15. The molecule has 17 heavy (non-hydrogen) atoms. The van der Waals surface area contributed by atoms with E-state index < -0.39 is 25.2 Å². The Bertz CT molecular complexity index is 232. The molecule has 0 heterocycles. The predicted octanol–water partition coefficient (Wildman–Crippen LogP) is 0.615. The number of hydrogen-bond donors (Lipinski definition) is 2. The van der Waals surface area contributed by atoms with Crippen LogP contribution in [0.3, 0.4) is 0 Å². The first-order valence-electron chi connectivity index (χ1n) is 5.41. The van der Waals surface area contributed by atoms with Gasteiger partial charge in [-0.3, -0.25) is 9.69 Å². The van der Waals surface area contributed by atoms with Crippen LogP contribution < -0.4 is 5.32 Å². The molecule has 0 bridgehead atoms. The minimum absolute atomic E-state index is 0.172.